The second-order valence-electron chi connectivity index (χ2n) is 8.58. The number of nitro groups is 1. The van der Waals surface area contributed by atoms with Crippen molar-refractivity contribution < 1.29 is 14.5 Å². The van der Waals surface area contributed by atoms with Crippen molar-refractivity contribution in [3.8, 4) is 11.1 Å². The van der Waals surface area contributed by atoms with Gasteiger partial charge in [-0.3, -0.25) is 24.6 Å². The highest BCUT2D eigenvalue weighted by Gasteiger charge is 2.73. The lowest BCUT2D eigenvalue weighted by Crippen LogP contribution is -2.34. The van der Waals surface area contributed by atoms with Crippen LogP contribution in [0, 0.1) is 39.2 Å². The molecule has 0 N–H and O–H groups in total. The van der Waals surface area contributed by atoms with Crippen molar-refractivity contribution in [2.75, 3.05) is 4.90 Å². The van der Waals surface area contributed by atoms with Crippen LogP contribution in [0.25, 0.3) is 11.1 Å². The lowest BCUT2D eigenvalue weighted by Gasteiger charge is -2.22. The summed E-state index contributed by atoms with van der Waals surface area (Å²) in [5.41, 5.74) is 2.57. The third-order valence-corrected chi connectivity index (χ3v) is 7.39. The van der Waals surface area contributed by atoms with Gasteiger partial charge in [-0.1, -0.05) is 24.3 Å². The fourth-order valence-corrected chi connectivity index (χ4v) is 5.91. The fraction of sp³-hybridized carbons (Fsp3) is 0.304. The minimum atomic E-state index is -0.428. The Labute approximate surface area is 167 Å². The Kier molecular flexibility index (Phi) is 3.10. The van der Waals surface area contributed by atoms with E-state index in [-0.39, 0.29) is 46.6 Å². The molecule has 2 aromatic rings. The van der Waals surface area contributed by atoms with E-state index in [0.717, 1.165) is 24.0 Å². The van der Waals surface area contributed by atoms with E-state index in [1.165, 1.54) is 17.0 Å². The largest absolute Gasteiger partial charge is 0.274 e. The molecule has 3 fully saturated rings. The molecule has 1 heterocycles. The molecular weight excluding hydrogens is 368 g/mol. The van der Waals surface area contributed by atoms with Crippen LogP contribution < -0.4 is 4.90 Å². The number of hydrogen-bond acceptors (Lipinski definition) is 4. The van der Waals surface area contributed by atoms with Crippen LogP contribution in [0.15, 0.2) is 60.7 Å². The van der Waals surface area contributed by atoms with Gasteiger partial charge in [-0.15, -0.1) is 0 Å². The molecule has 0 unspecified atom stereocenters. The molecule has 2 amide bonds. The number of nitrogens with zero attached hydrogens (tertiary/aromatic N) is 2. The Morgan fingerprint density at radius 2 is 1.31 bits per heavy atom. The number of carbonyl (C=O) groups is 2. The summed E-state index contributed by atoms with van der Waals surface area (Å²) < 4.78 is 0. The van der Waals surface area contributed by atoms with E-state index in [4.69, 9.17) is 0 Å². The standard InChI is InChI=1S/C23H18N2O4/c26-21-19-17-9-10-18(23(17)11-12-23)20(19)22(27)24(21)15-5-1-13(2-6-15)14-3-7-16(8-4-14)25(28)29/h1-10,17-20H,11-12H2/t17-,18-,19+,20+/m1/s1. The fourth-order valence-electron chi connectivity index (χ4n) is 5.91. The molecule has 2 aromatic carbocycles. The van der Waals surface area contributed by atoms with Crippen LogP contribution in [0.2, 0.25) is 0 Å². The van der Waals surface area contributed by atoms with Gasteiger partial charge in [-0.25, -0.2) is 0 Å². The van der Waals surface area contributed by atoms with Crippen LogP contribution in [-0.2, 0) is 9.59 Å². The van der Waals surface area contributed by atoms with Crippen molar-refractivity contribution in [1.82, 2.24) is 0 Å². The predicted molar refractivity (Wildman–Crippen MR) is 106 cm³/mol. The Morgan fingerprint density at radius 1 is 0.828 bits per heavy atom. The third-order valence-electron chi connectivity index (χ3n) is 7.39. The predicted octanol–water partition coefficient (Wildman–Crippen LogP) is 3.96. The first-order chi connectivity index (χ1) is 14.0. The zero-order valence-electron chi connectivity index (χ0n) is 15.5. The lowest BCUT2D eigenvalue weighted by molar-refractivity contribution is -0.384. The Bertz CT molecular complexity index is 1060. The minimum absolute atomic E-state index is 0.0434. The maximum atomic E-state index is 13.2. The number of benzene rings is 2. The molecule has 3 aliphatic carbocycles. The van der Waals surface area contributed by atoms with Crippen LogP contribution in [0.1, 0.15) is 12.8 Å². The van der Waals surface area contributed by atoms with Gasteiger partial charge in [0.15, 0.2) is 0 Å². The average molecular weight is 386 g/mol. The summed E-state index contributed by atoms with van der Waals surface area (Å²) in [5, 5.41) is 10.8. The zero-order valence-corrected chi connectivity index (χ0v) is 15.5. The number of anilines is 1. The summed E-state index contributed by atoms with van der Waals surface area (Å²) in [4.78, 5) is 38.1. The molecule has 2 saturated carbocycles. The second kappa shape index (κ2) is 5.41. The van der Waals surface area contributed by atoms with E-state index in [1.807, 2.05) is 12.1 Å². The molecule has 6 rings (SSSR count). The van der Waals surface area contributed by atoms with E-state index in [1.54, 1.807) is 24.3 Å². The lowest BCUT2D eigenvalue weighted by atomic mass is 9.85. The molecule has 0 radical (unpaired) electrons. The summed E-state index contributed by atoms with van der Waals surface area (Å²) in [6.45, 7) is 0. The molecule has 1 aliphatic heterocycles. The number of amides is 2. The smallest absolute Gasteiger partial charge is 0.269 e. The van der Waals surface area contributed by atoms with Gasteiger partial charge in [-0.2, -0.15) is 0 Å². The van der Waals surface area contributed by atoms with Crippen LogP contribution in [0.3, 0.4) is 0 Å². The highest BCUT2D eigenvalue weighted by atomic mass is 16.6. The SMILES string of the molecule is O=C1[C@@H]2[C@@H](C(=O)N1c1ccc(-c3ccc([N+](=O)[O-])cc3)cc1)[C@H]1C=C[C@H]2C12CC2. The average Bonchev–Trinajstić information content (AvgIpc) is 3.33. The molecule has 144 valence electrons. The van der Waals surface area contributed by atoms with Gasteiger partial charge < -0.3 is 0 Å². The van der Waals surface area contributed by atoms with Gasteiger partial charge in [0.1, 0.15) is 0 Å². The van der Waals surface area contributed by atoms with Crippen LogP contribution in [0.4, 0.5) is 11.4 Å². The molecule has 0 aromatic heterocycles. The number of nitro benzene ring substituents is 1. The van der Waals surface area contributed by atoms with Crippen LogP contribution in [-0.4, -0.2) is 16.7 Å². The molecule has 4 atom stereocenters. The van der Waals surface area contributed by atoms with Crippen molar-refractivity contribution >= 4 is 23.2 Å². The highest BCUT2D eigenvalue weighted by Crippen LogP contribution is 2.73. The Morgan fingerprint density at radius 3 is 1.76 bits per heavy atom. The summed E-state index contributed by atoms with van der Waals surface area (Å²) >= 11 is 0. The third kappa shape index (κ3) is 2.06. The number of carbonyl (C=O) groups excluding carboxylic acids is 2. The van der Waals surface area contributed by atoms with E-state index in [9.17, 15) is 19.7 Å². The molecule has 1 spiro atoms. The molecule has 29 heavy (non-hydrogen) atoms. The number of fused-ring (bicyclic) bond motifs is 3. The Balaban J connectivity index is 1.28. The van der Waals surface area contributed by atoms with Gasteiger partial charge >= 0.3 is 0 Å². The van der Waals surface area contributed by atoms with Crippen molar-refractivity contribution in [1.29, 1.82) is 0 Å². The van der Waals surface area contributed by atoms with Gasteiger partial charge in [0.2, 0.25) is 11.8 Å². The van der Waals surface area contributed by atoms with E-state index >= 15 is 0 Å². The first-order valence-corrected chi connectivity index (χ1v) is 9.92. The number of allylic oxidation sites excluding steroid dienone is 2. The van der Waals surface area contributed by atoms with Crippen molar-refractivity contribution in [3.63, 3.8) is 0 Å². The zero-order chi connectivity index (χ0) is 19.9. The first-order valence-electron chi connectivity index (χ1n) is 9.92. The molecule has 1 saturated heterocycles. The minimum Gasteiger partial charge on any atom is -0.274 e. The molecule has 4 aliphatic rings. The van der Waals surface area contributed by atoms with E-state index < -0.39 is 4.92 Å². The quantitative estimate of drug-likeness (QED) is 0.346. The van der Waals surface area contributed by atoms with Crippen LogP contribution in [0.5, 0.6) is 0 Å². The number of rotatable bonds is 3. The number of non-ortho nitro benzene ring substituents is 1. The number of imide groups is 1. The van der Waals surface area contributed by atoms with E-state index in [0.29, 0.717) is 5.69 Å². The van der Waals surface area contributed by atoms with Gasteiger partial charge in [0.25, 0.3) is 5.69 Å². The first kappa shape index (κ1) is 16.7. The van der Waals surface area contributed by atoms with Gasteiger partial charge in [0, 0.05) is 12.1 Å². The number of hydrogen-bond donors (Lipinski definition) is 0. The molecular formula is C23H18N2O4. The second-order valence-corrected chi connectivity index (χ2v) is 8.58. The highest BCUT2D eigenvalue weighted by molar-refractivity contribution is 6.23. The monoisotopic (exact) mass is 386 g/mol. The summed E-state index contributed by atoms with van der Waals surface area (Å²) in [6.07, 6.45) is 6.61. The molecule has 6 nitrogen and oxygen atoms in total. The van der Waals surface area contributed by atoms with Gasteiger partial charge in [-0.05, 0) is 65.5 Å². The van der Waals surface area contributed by atoms with Gasteiger partial charge in [0.05, 0.1) is 22.4 Å². The normalized spacial score (nSPS) is 30.3. The molecule has 6 heteroatoms. The van der Waals surface area contributed by atoms with Crippen molar-refractivity contribution in [2.24, 2.45) is 29.1 Å². The summed E-state index contributed by atoms with van der Waals surface area (Å²) in [7, 11) is 0. The van der Waals surface area contributed by atoms with Crippen molar-refractivity contribution in [3.05, 3.63) is 70.8 Å². The van der Waals surface area contributed by atoms with Crippen molar-refractivity contribution in [2.45, 2.75) is 12.8 Å². The maximum Gasteiger partial charge on any atom is 0.269 e. The summed E-state index contributed by atoms with van der Waals surface area (Å²) in [5.74, 6) is -0.0854. The maximum absolute atomic E-state index is 13.2. The molecule has 2 bridgehead atoms. The van der Waals surface area contributed by atoms with Crippen LogP contribution >= 0.6 is 0 Å². The summed E-state index contributed by atoms with van der Waals surface area (Å²) in [6, 6.07) is 13.6. The Hall–Kier alpha value is -3.28. The van der Waals surface area contributed by atoms with E-state index in [2.05, 4.69) is 12.2 Å². The topological polar surface area (TPSA) is 80.5 Å².